The zero-order chi connectivity index (χ0) is 34.6. The molecule has 0 N–H and O–H groups in total. The molecule has 52 heavy (non-hydrogen) atoms. The van der Waals surface area contributed by atoms with Crippen molar-refractivity contribution >= 4 is 44.8 Å². The van der Waals surface area contributed by atoms with Gasteiger partial charge in [-0.1, -0.05) is 181 Å². The van der Waals surface area contributed by atoms with E-state index in [1.807, 2.05) is 36.4 Å². The highest BCUT2D eigenvalue weighted by atomic mass is 32.2. The molecule has 0 amide bonds. The van der Waals surface area contributed by atoms with Gasteiger partial charge in [0, 0.05) is 44.2 Å². The lowest BCUT2D eigenvalue weighted by Gasteiger charge is -2.44. The van der Waals surface area contributed by atoms with E-state index in [0.717, 1.165) is 43.5 Å². The summed E-state index contributed by atoms with van der Waals surface area (Å²) in [5, 5.41) is 26.8. The summed E-state index contributed by atoms with van der Waals surface area (Å²) >= 11 is 3.61. The first-order valence-corrected chi connectivity index (χ1v) is 19.2. The van der Waals surface area contributed by atoms with E-state index in [1.54, 1.807) is 23.5 Å². The predicted octanol–water partition coefficient (Wildman–Crippen LogP) is 10.2. The molecule has 0 atom stereocenters. The molecule has 4 nitrogen and oxygen atoms in total. The zero-order valence-corrected chi connectivity index (χ0v) is 29.5. The molecule has 248 valence electrons. The topological polar surface area (TPSA) is 52.1 Å². The van der Waals surface area contributed by atoms with Crippen molar-refractivity contribution < 1.29 is 9.48 Å². The Hall–Kier alpha value is -5.56. The van der Waals surface area contributed by atoms with Crippen LogP contribution in [-0.4, -0.2) is 20.9 Å². The minimum absolute atomic E-state index is 0.244. The van der Waals surface area contributed by atoms with E-state index in [-0.39, 0.29) is 12.1 Å². The Morgan fingerprint density at radius 1 is 0.385 bits per heavy atom. The highest BCUT2D eigenvalue weighted by Crippen LogP contribution is 2.65. The SMILES string of the molecule is [O-][N+]1=C2C=C(c3ccccc3)SC23c2ccccc2C1c1ccccc13.[O-][N+]1=C2C=C(c3ccccc3)SC23c2ccccc2C1c1ccccc13. The van der Waals surface area contributed by atoms with Crippen molar-refractivity contribution in [1.82, 2.24) is 0 Å². The maximum Gasteiger partial charge on any atom is 0.214 e. The molecule has 0 radical (unpaired) electrons. The van der Waals surface area contributed by atoms with Gasteiger partial charge < -0.3 is 10.4 Å². The van der Waals surface area contributed by atoms with Gasteiger partial charge in [-0.25, -0.2) is 0 Å². The Morgan fingerprint density at radius 3 is 1.00 bits per heavy atom. The molecule has 0 saturated carbocycles. The summed E-state index contributed by atoms with van der Waals surface area (Å²) in [5.74, 6) is 0. The summed E-state index contributed by atoms with van der Waals surface area (Å²) in [4.78, 5) is 2.32. The first kappa shape index (κ1) is 30.1. The van der Waals surface area contributed by atoms with Crippen LogP contribution >= 0.6 is 23.5 Å². The van der Waals surface area contributed by atoms with Crippen molar-refractivity contribution in [3.05, 3.63) is 236 Å². The van der Waals surface area contributed by atoms with Crippen molar-refractivity contribution in [2.75, 3.05) is 0 Å². The number of benzene rings is 6. The van der Waals surface area contributed by atoms with Gasteiger partial charge in [0.1, 0.15) is 0 Å². The Labute approximate surface area is 310 Å². The smallest absolute Gasteiger partial charge is 0.214 e. The number of rotatable bonds is 2. The van der Waals surface area contributed by atoms with Crippen LogP contribution in [0.4, 0.5) is 0 Å². The van der Waals surface area contributed by atoms with Crippen LogP contribution in [0.2, 0.25) is 0 Å². The average molecular weight is 707 g/mol. The summed E-state index contributed by atoms with van der Waals surface area (Å²) in [5.41, 5.74) is 13.7. The van der Waals surface area contributed by atoms with Crippen molar-refractivity contribution in [1.29, 1.82) is 0 Å². The first-order chi connectivity index (χ1) is 25.6. The summed E-state index contributed by atoms with van der Waals surface area (Å²) < 4.78 is 1.62. The van der Waals surface area contributed by atoms with E-state index < -0.39 is 9.49 Å². The van der Waals surface area contributed by atoms with Gasteiger partial charge in [0.05, 0.1) is 0 Å². The second-order valence-electron chi connectivity index (χ2n) is 13.9. The second-order valence-corrected chi connectivity index (χ2v) is 16.4. The van der Waals surface area contributed by atoms with E-state index >= 15 is 0 Å². The van der Waals surface area contributed by atoms with Crippen molar-refractivity contribution in [3.63, 3.8) is 0 Å². The third-order valence-corrected chi connectivity index (χ3v) is 14.4. The zero-order valence-electron chi connectivity index (χ0n) is 27.8. The van der Waals surface area contributed by atoms with E-state index in [2.05, 4.69) is 133 Å². The number of allylic oxidation sites excluding steroid dienone is 2. The Balaban J connectivity index is 0.000000123. The van der Waals surface area contributed by atoms with Gasteiger partial charge >= 0.3 is 0 Å². The summed E-state index contributed by atoms with van der Waals surface area (Å²) in [6.07, 6.45) is 4.21. The normalized spacial score (nSPS) is 24.8. The lowest BCUT2D eigenvalue weighted by atomic mass is 9.70. The minimum atomic E-state index is -0.436. The van der Waals surface area contributed by atoms with Crippen molar-refractivity contribution in [3.8, 4) is 0 Å². The van der Waals surface area contributed by atoms with Gasteiger partial charge in [0.2, 0.25) is 23.5 Å². The minimum Gasteiger partial charge on any atom is -0.623 e. The monoisotopic (exact) mass is 706 g/mol. The van der Waals surface area contributed by atoms with Crippen LogP contribution < -0.4 is 0 Å². The summed E-state index contributed by atoms with van der Waals surface area (Å²) in [6.45, 7) is 0. The molecule has 2 aliphatic carbocycles. The van der Waals surface area contributed by atoms with Crippen LogP contribution in [0.3, 0.4) is 0 Å². The lowest BCUT2D eigenvalue weighted by Crippen LogP contribution is -2.47. The lowest BCUT2D eigenvalue weighted by molar-refractivity contribution is -0.502. The van der Waals surface area contributed by atoms with Gasteiger partial charge in [-0.05, 0) is 33.4 Å². The first-order valence-electron chi connectivity index (χ1n) is 17.6. The third kappa shape index (κ3) is 3.81. The molecular formula is C46H30N2O2S2. The quantitative estimate of drug-likeness (QED) is 0.133. The molecule has 6 aromatic rings. The van der Waals surface area contributed by atoms with E-state index in [1.165, 1.54) is 42.9 Å². The van der Waals surface area contributed by atoms with Gasteiger partial charge in [-0.3, -0.25) is 0 Å². The molecule has 0 fully saturated rings. The molecule has 0 saturated heterocycles. The van der Waals surface area contributed by atoms with Crippen LogP contribution in [-0.2, 0) is 9.49 Å². The number of nitrogens with zero attached hydrogens (tertiary/aromatic N) is 2. The Morgan fingerprint density at radius 2 is 0.673 bits per heavy atom. The van der Waals surface area contributed by atoms with Crippen LogP contribution in [0.25, 0.3) is 9.81 Å². The van der Waals surface area contributed by atoms with Crippen LogP contribution in [0.5, 0.6) is 0 Å². The van der Waals surface area contributed by atoms with Gasteiger partial charge in [0.15, 0.2) is 9.49 Å². The molecule has 2 spiro atoms. The second kappa shape index (κ2) is 11.0. The largest absolute Gasteiger partial charge is 0.623 e. The maximum atomic E-state index is 13.4. The number of hydroxylamine groups is 2. The molecule has 0 aromatic heterocycles. The molecule has 0 unspecified atom stereocenters. The summed E-state index contributed by atoms with van der Waals surface area (Å²) in [6, 6.07) is 54.0. The van der Waals surface area contributed by atoms with Crippen LogP contribution in [0, 0.1) is 10.4 Å². The van der Waals surface area contributed by atoms with Gasteiger partial charge in [-0.15, -0.1) is 0 Å². The molecule has 8 aliphatic rings. The number of hydrogen-bond acceptors (Lipinski definition) is 4. The summed E-state index contributed by atoms with van der Waals surface area (Å²) in [7, 11) is 0. The fourth-order valence-electron chi connectivity index (χ4n) is 9.28. The van der Waals surface area contributed by atoms with Crippen LogP contribution in [0.1, 0.15) is 67.7 Å². The van der Waals surface area contributed by atoms with Crippen LogP contribution in [0.15, 0.2) is 170 Å². The van der Waals surface area contributed by atoms with E-state index in [4.69, 9.17) is 0 Å². The van der Waals surface area contributed by atoms with Crippen molar-refractivity contribution in [2.45, 2.75) is 21.6 Å². The standard InChI is InChI=1S/2C23H15NOS/c2*25-24-21-14-20(15-8-2-1-3-9-15)26-23(21)18-12-6-4-10-16(18)22(24)17-11-5-7-13-19(17)23/h2*1-14,22H. The van der Waals surface area contributed by atoms with Gasteiger partial charge in [0.25, 0.3) is 0 Å². The van der Waals surface area contributed by atoms with E-state index in [9.17, 15) is 10.4 Å². The number of thioether (sulfide) groups is 2. The highest BCUT2D eigenvalue weighted by molar-refractivity contribution is 8.11. The maximum absolute atomic E-state index is 13.4. The molecule has 6 aliphatic heterocycles. The molecule has 6 aromatic carbocycles. The molecular weight excluding hydrogens is 677 g/mol. The average Bonchev–Trinajstić information content (AvgIpc) is 3.83. The molecule has 6 heterocycles. The fourth-order valence-corrected chi connectivity index (χ4v) is 12.5. The van der Waals surface area contributed by atoms with Crippen molar-refractivity contribution in [2.24, 2.45) is 0 Å². The molecule has 4 bridgehead atoms. The molecule has 14 rings (SSSR count). The molecule has 6 heteroatoms. The number of hydrogen-bond donors (Lipinski definition) is 0. The Bertz CT molecular complexity index is 2350. The van der Waals surface area contributed by atoms with Gasteiger partial charge in [-0.2, -0.15) is 9.48 Å². The fraction of sp³-hybridized carbons (Fsp3) is 0.0870. The predicted molar refractivity (Wildman–Crippen MR) is 212 cm³/mol. The highest BCUT2D eigenvalue weighted by Gasteiger charge is 2.62. The third-order valence-electron chi connectivity index (χ3n) is 11.4. The van der Waals surface area contributed by atoms with E-state index in [0.29, 0.717) is 0 Å². The Kier molecular flexibility index (Phi) is 6.35.